The average molecular weight is 556 g/mol. The highest BCUT2D eigenvalue weighted by atomic mass is 35.5. The third kappa shape index (κ3) is 7.90. The summed E-state index contributed by atoms with van der Waals surface area (Å²) in [7, 11) is -2.60. The third-order valence-electron chi connectivity index (χ3n) is 6.35. The molecule has 202 valence electrons. The zero-order valence-electron chi connectivity index (χ0n) is 21.9. The Hall–Kier alpha value is -3.20. The number of likely N-dealkylation sites (N-methyl/N-ethyl adjacent to an activating group) is 1. The molecule has 0 fully saturated rings. The van der Waals surface area contributed by atoms with Gasteiger partial charge in [-0.3, -0.25) is 9.59 Å². The lowest BCUT2D eigenvalue weighted by atomic mass is 10.0. The average Bonchev–Trinajstić information content (AvgIpc) is 2.91. The summed E-state index contributed by atoms with van der Waals surface area (Å²) in [5, 5.41) is 3.42. The third-order valence-corrected chi connectivity index (χ3v) is 8.42. The fourth-order valence-electron chi connectivity index (χ4n) is 3.93. The van der Waals surface area contributed by atoms with Gasteiger partial charge in [-0.1, -0.05) is 79.2 Å². The summed E-state index contributed by atoms with van der Waals surface area (Å²) in [6.45, 7) is 3.60. The first kappa shape index (κ1) is 29.4. The van der Waals surface area contributed by atoms with Crippen LogP contribution in [0.1, 0.15) is 31.4 Å². The quantitative estimate of drug-likeness (QED) is 0.356. The molecule has 0 unspecified atom stereocenters. The van der Waals surface area contributed by atoms with Crippen molar-refractivity contribution in [2.75, 3.05) is 13.6 Å². The molecule has 0 radical (unpaired) electrons. The van der Waals surface area contributed by atoms with Gasteiger partial charge in [0, 0.05) is 31.1 Å². The van der Waals surface area contributed by atoms with Crippen LogP contribution in [0.2, 0.25) is 5.02 Å². The molecule has 0 aliphatic carbocycles. The summed E-state index contributed by atoms with van der Waals surface area (Å²) < 4.78 is 27.3. The second kappa shape index (κ2) is 13.6. The first-order valence-electron chi connectivity index (χ1n) is 12.5. The summed E-state index contributed by atoms with van der Waals surface area (Å²) in [5.74, 6) is -0.759. The minimum atomic E-state index is -3.96. The molecule has 0 aliphatic heterocycles. The van der Waals surface area contributed by atoms with Gasteiger partial charge in [-0.2, -0.15) is 4.31 Å². The zero-order chi connectivity index (χ0) is 27.7. The molecule has 0 aromatic heterocycles. The predicted molar refractivity (Wildman–Crippen MR) is 150 cm³/mol. The molecule has 1 N–H and O–H groups in total. The van der Waals surface area contributed by atoms with Gasteiger partial charge in [-0.25, -0.2) is 8.42 Å². The van der Waals surface area contributed by atoms with Crippen molar-refractivity contribution < 1.29 is 18.0 Å². The molecule has 0 aliphatic rings. The van der Waals surface area contributed by atoms with Crippen LogP contribution >= 0.6 is 11.6 Å². The Morgan fingerprint density at radius 1 is 0.895 bits per heavy atom. The maximum atomic E-state index is 13.8. The van der Waals surface area contributed by atoms with Crippen molar-refractivity contribution in [3.63, 3.8) is 0 Å². The van der Waals surface area contributed by atoms with Gasteiger partial charge in [-0.05, 0) is 48.7 Å². The van der Waals surface area contributed by atoms with Gasteiger partial charge in [0.05, 0.1) is 11.4 Å². The number of halogens is 1. The number of rotatable bonds is 12. The number of carbonyl (C=O) groups excluding carboxylic acids is 2. The molecule has 2 amide bonds. The van der Waals surface area contributed by atoms with E-state index in [0.29, 0.717) is 5.02 Å². The van der Waals surface area contributed by atoms with E-state index in [1.807, 2.05) is 74.5 Å². The zero-order valence-corrected chi connectivity index (χ0v) is 23.5. The Morgan fingerprint density at radius 3 is 2.00 bits per heavy atom. The van der Waals surface area contributed by atoms with Gasteiger partial charge < -0.3 is 10.2 Å². The van der Waals surface area contributed by atoms with Crippen LogP contribution in [0.15, 0.2) is 89.8 Å². The molecule has 0 saturated carbocycles. The monoisotopic (exact) mass is 555 g/mol. The second-order valence-corrected chi connectivity index (χ2v) is 11.7. The van der Waals surface area contributed by atoms with Crippen molar-refractivity contribution in [1.82, 2.24) is 14.5 Å². The van der Waals surface area contributed by atoms with Gasteiger partial charge >= 0.3 is 0 Å². The minimum Gasteiger partial charge on any atom is -0.352 e. The molecule has 2 atom stereocenters. The molecular weight excluding hydrogens is 522 g/mol. The Kier molecular flexibility index (Phi) is 10.5. The van der Waals surface area contributed by atoms with Crippen LogP contribution in [-0.2, 0) is 32.6 Å². The predicted octanol–water partition coefficient (Wildman–Crippen LogP) is 4.52. The van der Waals surface area contributed by atoms with Crippen molar-refractivity contribution in [3.8, 4) is 0 Å². The van der Waals surface area contributed by atoms with Crippen LogP contribution in [0.4, 0.5) is 0 Å². The summed E-state index contributed by atoms with van der Waals surface area (Å²) in [5.41, 5.74) is 1.73. The van der Waals surface area contributed by atoms with Crippen LogP contribution in [0.5, 0.6) is 0 Å². The highest BCUT2D eigenvalue weighted by molar-refractivity contribution is 7.89. The number of carbonyl (C=O) groups is 2. The molecule has 0 bridgehead atoms. The van der Waals surface area contributed by atoms with E-state index in [2.05, 4.69) is 5.32 Å². The standard InChI is InChI=1S/C29H34ClN3O4S/c1-4-22(2)31-29(35)27(19-23-11-7-5-8-12-23)33(20-24-13-9-6-10-14-24)28(34)21-32(3)38(36,37)26-17-15-25(30)16-18-26/h5-18,22,27H,4,19-21H2,1-3H3,(H,31,35)/t22-,27+/m1/s1. The fourth-order valence-corrected chi connectivity index (χ4v) is 5.17. The van der Waals surface area contributed by atoms with Crippen LogP contribution in [0.3, 0.4) is 0 Å². The second-order valence-electron chi connectivity index (χ2n) is 9.25. The topological polar surface area (TPSA) is 86.8 Å². The van der Waals surface area contributed by atoms with E-state index in [-0.39, 0.29) is 29.8 Å². The Bertz CT molecular complexity index is 1300. The number of nitrogens with one attached hydrogen (secondary N) is 1. The maximum absolute atomic E-state index is 13.8. The lowest BCUT2D eigenvalue weighted by Crippen LogP contribution is -2.54. The van der Waals surface area contributed by atoms with Crippen molar-refractivity contribution in [1.29, 1.82) is 0 Å². The summed E-state index contributed by atoms with van der Waals surface area (Å²) in [6.07, 6.45) is 1.02. The highest BCUT2D eigenvalue weighted by Crippen LogP contribution is 2.20. The molecule has 3 aromatic carbocycles. The fraction of sp³-hybridized carbons (Fsp3) is 0.310. The van der Waals surface area contributed by atoms with Crippen molar-refractivity contribution in [2.24, 2.45) is 0 Å². The van der Waals surface area contributed by atoms with Gasteiger partial charge in [0.1, 0.15) is 6.04 Å². The van der Waals surface area contributed by atoms with Crippen LogP contribution in [0.25, 0.3) is 0 Å². The van der Waals surface area contributed by atoms with E-state index in [9.17, 15) is 18.0 Å². The van der Waals surface area contributed by atoms with E-state index < -0.39 is 28.5 Å². The van der Waals surface area contributed by atoms with Crippen molar-refractivity contribution >= 4 is 33.4 Å². The van der Waals surface area contributed by atoms with E-state index in [1.165, 1.54) is 36.2 Å². The molecule has 9 heteroatoms. The summed E-state index contributed by atoms with van der Waals surface area (Å²) in [6, 6.07) is 23.7. The lowest BCUT2D eigenvalue weighted by molar-refractivity contribution is -0.141. The number of hydrogen-bond acceptors (Lipinski definition) is 4. The number of nitrogens with zero attached hydrogens (tertiary/aromatic N) is 2. The molecule has 7 nitrogen and oxygen atoms in total. The van der Waals surface area contributed by atoms with Crippen molar-refractivity contribution in [2.45, 2.75) is 50.2 Å². The molecule has 0 saturated heterocycles. The van der Waals surface area contributed by atoms with E-state index >= 15 is 0 Å². The Labute approximate surface area is 230 Å². The first-order valence-corrected chi connectivity index (χ1v) is 14.3. The normalized spacial score (nSPS) is 13.1. The maximum Gasteiger partial charge on any atom is 0.243 e. The van der Waals surface area contributed by atoms with Crippen LogP contribution < -0.4 is 5.32 Å². The molecular formula is C29H34ClN3O4S. The minimum absolute atomic E-state index is 0.0298. The Balaban J connectivity index is 1.95. The number of benzene rings is 3. The van der Waals surface area contributed by atoms with Gasteiger partial charge in [0.15, 0.2) is 0 Å². The van der Waals surface area contributed by atoms with Gasteiger partial charge in [0.2, 0.25) is 21.8 Å². The summed E-state index contributed by atoms with van der Waals surface area (Å²) in [4.78, 5) is 28.8. The van der Waals surface area contributed by atoms with E-state index in [4.69, 9.17) is 11.6 Å². The lowest BCUT2D eigenvalue weighted by Gasteiger charge is -2.33. The number of sulfonamides is 1. The van der Waals surface area contributed by atoms with Crippen LogP contribution in [0, 0.1) is 0 Å². The van der Waals surface area contributed by atoms with E-state index in [1.54, 1.807) is 0 Å². The Morgan fingerprint density at radius 2 is 1.45 bits per heavy atom. The van der Waals surface area contributed by atoms with E-state index in [0.717, 1.165) is 21.9 Å². The first-order chi connectivity index (χ1) is 18.1. The largest absolute Gasteiger partial charge is 0.352 e. The van der Waals surface area contributed by atoms with Gasteiger partial charge in [-0.15, -0.1) is 0 Å². The van der Waals surface area contributed by atoms with Crippen molar-refractivity contribution in [3.05, 3.63) is 101 Å². The molecule has 38 heavy (non-hydrogen) atoms. The molecule has 3 rings (SSSR count). The summed E-state index contributed by atoms with van der Waals surface area (Å²) >= 11 is 5.91. The number of hydrogen-bond donors (Lipinski definition) is 1. The molecule has 3 aromatic rings. The smallest absolute Gasteiger partial charge is 0.243 e. The van der Waals surface area contributed by atoms with Crippen LogP contribution in [-0.4, -0.2) is 55.1 Å². The highest BCUT2D eigenvalue weighted by Gasteiger charge is 2.33. The van der Waals surface area contributed by atoms with Gasteiger partial charge in [0.25, 0.3) is 0 Å². The SMILES string of the molecule is CC[C@@H](C)NC(=O)[C@H](Cc1ccccc1)N(Cc1ccccc1)C(=O)CN(C)S(=O)(=O)c1ccc(Cl)cc1. The molecule has 0 spiro atoms. The molecule has 0 heterocycles. The number of amides is 2.